The number of carbonyl (C=O) groups excluding carboxylic acids is 2. The molecule has 0 aliphatic rings. The van der Waals surface area contributed by atoms with Crippen molar-refractivity contribution in [1.29, 1.82) is 0 Å². The highest BCUT2D eigenvalue weighted by Crippen LogP contribution is 2.17. The van der Waals surface area contributed by atoms with Crippen molar-refractivity contribution in [1.82, 2.24) is 0 Å². The Hall–Kier alpha value is -2.82. The molecule has 0 radical (unpaired) electrons. The number of esters is 1. The lowest BCUT2D eigenvalue weighted by Gasteiger charge is -2.16. The van der Waals surface area contributed by atoms with Crippen molar-refractivity contribution in [2.24, 2.45) is 0 Å². The predicted octanol–water partition coefficient (Wildman–Crippen LogP) is 4.15. The van der Waals surface area contributed by atoms with Crippen LogP contribution in [-0.4, -0.2) is 24.6 Å². The second kappa shape index (κ2) is 9.61. The smallest absolute Gasteiger partial charge is 0.347 e. The number of para-hydroxylation sites is 1. The van der Waals surface area contributed by atoms with Crippen molar-refractivity contribution in [3.63, 3.8) is 0 Å². The zero-order valence-electron chi connectivity index (χ0n) is 15.4. The molecule has 1 atom stereocenters. The van der Waals surface area contributed by atoms with Crippen LogP contribution in [0.2, 0.25) is 0 Å². The molecular weight excluding hydrogens is 330 g/mol. The average molecular weight is 355 g/mol. The summed E-state index contributed by atoms with van der Waals surface area (Å²) in [4.78, 5) is 24.1. The molecule has 0 aliphatic carbocycles. The normalized spacial score (nSPS) is 11.7. The first-order valence-corrected chi connectivity index (χ1v) is 8.77. The summed E-state index contributed by atoms with van der Waals surface area (Å²) in [6, 6.07) is 16.7. The van der Waals surface area contributed by atoms with E-state index in [4.69, 9.17) is 9.47 Å². The van der Waals surface area contributed by atoms with Crippen molar-refractivity contribution in [3.8, 4) is 5.75 Å². The van der Waals surface area contributed by atoms with Gasteiger partial charge in [-0.15, -0.1) is 0 Å². The molecule has 1 N–H and O–H groups in total. The highest BCUT2D eigenvalue weighted by molar-refractivity contribution is 5.93. The van der Waals surface area contributed by atoms with E-state index in [0.29, 0.717) is 23.8 Å². The van der Waals surface area contributed by atoms with Crippen LogP contribution in [0.1, 0.15) is 38.7 Å². The van der Waals surface area contributed by atoms with Crippen molar-refractivity contribution < 1.29 is 19.1 Å². The highest BCUT2D eigenvalue weighted by Gasteiger charge is 2.21. The van der Waals surface area contributed by atoms with Gasteiger partial charge in [-0.25, -0.2) is 4.79 Å². The van der Waals surface area contributed by atoms with Gasteiger partial charge in [-0.05, 0) is 42.2 Å². The maximum Gasteiger partial charge on any atom is 0.347 e. The molecule has 1 amide bonds. The van der Waals surface area contributed by atoms with Gasteiger partial charge in [0, 0.05) is 5.69 Å². The number of rotatable bonds is 8. The van der Waals surface area contributed by atoms with Crippen LogP contribution in [0.15, 0.2) is 54.6 Å². The molecule has 0 unspecified atom stereocenters. The summed E-state index contributed by atoms with van der Waals surface area (Å²) in [5.74, 6) is 0.0779. The van der Waals surface area contributed by atoms with Gasteiger partial charge in [0.2, 0.25) is 0 Å². The van der Waals surface area contributed by atoms with Gasteiger partial charge in [0.1, 0.15) is 5.75 Å². The molecule has 138 valence electrons. The second-order valence-corrected chi connectivity index (χ2v) is 6.26. The Bertz CT molecular complexity index is 711. The number of hydrogen-bond acceptors (Lipinski definition) is 4. The minimum absolute atomic E-state index is 0.348. The minimum Gasteiger partial charge on any atom is -0.479 e. The first-order valence-electron chi connectivity index (χ1n) is 8.77. The molecule has 0 fully saturated rings. The van der Waals surface area contributed by atoms with Gasteiger partial charge in [0.05, 0.1) is 0 Å². The van der Waals surface area contributed by atoms with Crippen molar-refractivity contribution in [2.45, 2.75) is 39.2 Å². The van der Waals surface area contributed by atoms with Crippen LogP contribution in [0.3, 0.4) is 0 Å². The molecule has 0 aromatic heterocycles. The molecular formula is C21H25NO4. The van der Waals surface area contributed by atoms with Crippen LogP contribution in [0.25, 0.3) is 0 Å². The maximum atomic E-state index is 12.1. The molecule has 2 rings (SSSR count). The SMILES string of the molecule is CC[C@@H](Oc1ccccc1)C(=O)OCC(=O)Nc1ccc(C(C)C)cc1. The van der Waals surface area contributed by atoms with E-state index >= 15 is 0 Å². The third-order valence-corrected chi connectivity index (χ3v) is 3.86. The van der Waals surface area contributed by atoms with E-state index < -0.39 is 12.1 Å². The van der Waals surface area contributed by atoms with Crippen molar-refractivity contribution in [3.05, 3.63) is 60.2 Å². The van der Waals surface area contributed by atoms with Crippen LogP contribution < -0.4 is 10.1 Å². The van der Waals surface area contributed by atoms with E-state index in [0.717, 1.165) is 0 Å². The summed E-state index contributed by atoms with van der Waals surface area (Å²) in [7, 11) is 0. The zero-order chi connectivity index (χ0) is 18.9. The third kappa shape index (κ3) is 5.92. The Morgan fingerprint density at radius 2 is 1.65 bits per heavy atom. The van der Waals surface area contributed by atoms with E-state index in [1.165, 1.54) is 5.56 Å². The number of nitrogens with one attached hydrogen (secondary N) is 1. The lowest BCUT2D eigenvalue weighted by atomic mass is 10.0. The van der Waals surface area contributed by atoms with Gasteiger partial charge in [0.15, 0.2) is 12.7 Å². The van der Waals surface area contributed by atoms with Gasteiger partial charge in [-0.1, -0.05) is 51.1 Å². The van der Waals surface area contributed by atoms with Gasteiger partial charge < -0.3 is 14.8 Å². The molecule has 5 heteroatoms. The fourth-order valence-electron chi connectivity index (χ4n) is 2.34. The first kappa shape index (κ1) is 19.5. The number of ether oxygens (including phenoxy) is 2. The summed E-state index contributed by atoms with van der Waals surface area (Å²) in [5, 5.41) is 2.71. The number of anilines is 1. The number of benzene rings is 2. The van der Waals surface area contributed by atoms with Gasteiger partial charge in [0.25, 0.3) is 5.91 Å². The summed E-state index contributed by atoms with van der Waals surface area (Å²) in [5.41, 5.74) is 1.86. The monoisotopic (exact) mass is 355 g/mol. The quantitative estimate of drug-likeness (QED) is 0.723. The number of carbonyl (C=O) groups is 2. The lowest BCUT2D eigenvalue weighted by Crippen LogP contribution is -2.31. The molecule has 2 aromatic carbocycles. The topological polar surface area (TPSA) is 64.6 Å². The summed E-state index contributed by atoms with van der Waals surface area (Å²) >= 11 is 0. The Kier molecular flexibility index (Phi) is 7.21. The second-order valence-electron chi connectivity index (χ2n) is 6.26. The number of hydrogen-bond donors (Lipinski definition) is 1. The van der Waals surface area contributed by atoms with Gasteiger partial charge >= 0.3 is 5.97 Å². The van der Waals surface area contributed by atoms with E-state index in [-0.39, 0.29) is 12.5 Å². The molecule has 26 heavy (non-hydrogen) atoms. The Morgan fingerprint density at radius 3 is 2.23 bits per heavy atom. The van der Waals surface area contributed by atoms with Gasteiger partial charge in [-0.2, -0.15) is 0 Å². The summed E-state index contributed by atoms with van der Waals surface area (Å²) < 4.78 is 10.7. The zero-order valence-corrected chi connectivity index (χ0v) is 15.4. The Morgan fingerprint density at radius 1 is 1.00 bits per heavy atom. The average Bonchev–Trinajstić information content (AvgIpc) is 2.65. The Balaban J connectivity index is 1.82. The third-order valence-electron chi connectivity index (χ3n) is 3.86. The molecule has 0 bridgehead atoms. The van der Waals surface area contributed by atoms with Crippen LogP contribution in [0, 0.1) is 0 Å². The fraction of sp³-hybridized carbons (Fsp3) is 0.333. The maximum absolute atomic E-state index is 12.1. The van der Waals surface area contributed by atoms with Gasteiger partial charge in [-0.3, -0.25) is 4.79 Å². The van der Waals surface area contributed by atoms with Crippen molar-refractivity contribution in [2.75, 3.05) is 11.9 Å². The standard InChI is InChI=1S/C21H25NO4/c1-4-19(26-18-8-6-5-7-9-18)21(24)25-14-20(23)22-17-12-10-16(11-13-17)15(2)3/h5-13,15,19H,4,14H2,1-3H3,(H,22,23)/t19-/m1/s1. The minimum atomic E-state index is -0.740. The van der Waals surface area contributed by atoms with Crippen LogP contribution in [-0.2, 0) is 14.3 Å². The first-order chi connectivity index (χ1) is 12.5. The van der Waals surface area contributed by atoms with Crippen LogP contribution in [0.5, 0.6) is 5.75 Å². The molecule has 0 heterocycles. The molecule has 0 spiro atoms. The summed E-state index contributed by atoms with van der Waals surface area (Å²) in [6.45, 7) is 5.69. The molecule has 0 saturated heterocycles. The van der Waals surface area contributed by atoms with E-state index in [1.54, 1.807) is 12.1 Å². The summed E-state index contributed by atoms with van der Waals surface area (Å²) in [6.07, 6.45) is -0.290. The fourth-order valence-corrected chi connectivity index (χ4v) is 2.34. The number of amides is 1. The van der Waals surface area contributed by atoms with E-state index in [2.05, 4.69) is 19.2 Å². The van der Waals surface area contributed by atoms with Crippen molar-refractivity contribution >= 4 is 17.6 Å². The lowest BCUT2D eigenvalue weighted by molar-refractivity contribution is -0.154. The van der Waals surface area contributed by atoms with Crippen LogP contribution in [0.4, 0.5) is 5.69 Å². The predicted molar refractivity (Wildman–Crippen MR) is 101 cm³/mol. The largest absolute Gasteiger partial charge is 0.479 e. The molecule has 5 nitrogen and oxygen atoms in total. The molecule has 2 aromatic rings. The Labute approximate surface area is 154 Å². The molecule has 0 aliphatic heterocycles. The van der Waals surface area contributed by atoms with E-state index in [1.807, 2.05) is 49.4 Å². The van der Waals surface area contributed by atoms with E-state index in [9.17, 15) is 9.59 Å². The van der Waals surface area contributed by atoms with Crippen LogP contribution >= 0.6 is 0 Å². The molecule has 0 saturated carbocycles. The highest BCUT2D eigenvalue weighted by atomic mass is 16.6.